The molecule has 1 saturated heterocycles. The Balaban J connectivity index is 1.41. The Bertz CT molecular complexity index is 701. The monoisotopic (exact) mass is 344 g/mol. The van der Waals surface area contributed by atoms with Gasteiger partial charge in [0.1, 0.15) is 0 Å². The molecular formula is C18H24N4OS. The summed E-state index contributed by atoms with van der Waals surface area (Å²) in [7, 11) is 0. The van der Waals surface area contributed by atoms with Crippen molar-refractivity contribution < 1.29 is 4.74 Å². The fourth-order valence-corrected chi connectivity index (χ4v) is 4.82. The van der Waals surface area contributed by atoms with E-state index in [0.29, 0.717) is 12.5 Å². The SMILES string of the molecule is Cc1ccc(N2C[C@H]3CCC[C@@]3(COCc3csc(C)n3)C2)nn1. The maximum Gasteiger partial charge on any atom is 0.151 e. The number of rotatable bonds is 5. The Kier molecular flexibility index (Phi) is 4.26. The smallest absolute Gasteiger partial charge is 0.151 e. The maximum absolute atomic E-state index is 6.11. The van der Waals surface area contributed by atoms with E-state index in [2.05, 4.69) is 31.5 Å². The van der Waals surface area contributed by atoms with Crippen LogP contribution in [0, 0.1) is 25.2 Å². The van der Waals surface area contributed by atoms with Gasteiger partial charge in [0, 0.05) is 23.9 Å². The minimum Gasteiger partial charge on any atom is -0.374 e. The molecule has 0 N–H and O–H groups in total. The fraction of sp³-hybridized carbons (Fsp3) is 0.611. The summed E-state index contributed by atoms with van der Waals surface area (Å²) in [5.41, 5.74) is 2.30. The molecule has 1 aliphatic carbocycles. The van der Waals surface area contributed by atoms with E-state index in [-0.39, 0.29) is 5.41 Å². The molecule has 4 rings (SSSR count). The number of hydrogen-bond acceptors (Lipinski definition) is 6. The van der Waals surface area contributed by atoms with Crippen molar-refractivity contribution in [2.45, 2.75) is 39.7 Å². The highest BCUT2D eigenvalue weighted by atomic mass is 32.1. The van der Waals surface area contributed by atoms with Crippen molar-refractivity contribution in [2.24, 2.45) is 11.3 Å². The maximum atomic E-state index is 6.11. The molecule has 0 unspecified atom stereocenters. The van der Waals surface area contributed by atoms with Gasteiger partial charge < -0.3 is 9.64 Å². The zero-order chi connectivity index (χ0) is 16.6. The summed E-state index contributed by atoms with van der Waals surface area (Å²) < 4.78 is 6.11. The first-order chi connectivity index (χ1) is 11.6. The summed E-state index contributed by atoms with van der Waals surface area (Å²) in [5.74, 6) is 1.71. The normalized spacial score (nSPS) is 26.1. The lowest BCUT2D eigenvalue weighted by Gasteiger charge is -2.28. The number of hydrogen-bond donors (Lipinski definition) is 0. The molecule has 0 aromatic carbocycles. The predicted octanol–water partition coefficient (Wildman–Crippen LogP) is 3.37. The Hall–Kier alpha value is -1.53. The number of aromatic nitrogens is 3. The van der Waals surface area contributed by atoms with Crippen LogP contribution < -0.4 is 4.90 Å². The lowest BCUT2D eigenvalue weighted by Crippen LogP contribution is -2.32. The van der Waals surface area contributed by atoms with Gasteiger partial charge in [-0.1, -0.05) is 6.42 Å². The van der Waals surface area contributed by atoms with Crippen LogP contribution in [0.25, 0.3) is 0 Å². The van der Waals surface area contributed by atoms with Crippen molar-refractivity contribution in [3.05, 3.63) is 33.9 Å². The molecule has 2 aromatic heterocycles. The van der Waals surface area contributed by atoms with E-state index in [1.165, 1.54) is 19.3 Å². The van der Waals surface area contributed by atoms with Crippen LogP contribution in [0.3, 0.4) is 0 Å². The van der Waals surface area contributed by atoms with Crippen molar-refractivity contribution in [2.75, 3.05) is 24.6 Å². The number of fused-ring (bicyclic) bond motifs is 1. The first-order valence-electron chi connectivity index (χ1n) is 8.69. The molecule has 3 heterocycles. The molecule has 5 nitrogen and oxygen atoms in total. The number of aryl methyl sites for hydroxylation is 2. The molecule has 24 heavy (non-hydrogen) atoms. The van der Waals surface area contributed by atoms with Gasteiger partial charge in [-0.3, -0.25) is 0 Å². The molecule has 1 aliphatic heterocycles. The predicted molar refractivity (Wildman–Crippen MR) is 95.3 cm³/mol. The number of anilines is 1. The molecule has 0 radical (unpaired) electrons. The van der Waals surface area contributed by atoms with Gasteiger partial charge in [-0.2, -0.15) is 5.10 Å². The summed E-state index contributed by atoms with van der Waals surface area (Å²) in [4.78, 5) is 6.89. The number of thiazole rings is 1. The third-order valence-electron chi connectivity index (χ3n) is 5.45. The van der Waals surface area contributed by atoms with E-state index in [0.717, 1.165) is 41.9 Å². The van der Waals surface area contributed by atoms with Crippen LogP contribution in [0.1, 0.15) is 35.7 Å². The van der Waals surface area contributed by atoms with Gasteiger partial charge in [0.15, 0.2) is 5.82 Å². The molecule has 0 bridgehead atoms. The molecule has 128 valence electrons. The van der Waals surface area contributed by atoms with Crippen molar-refractivity contribution >= 4 is 17.2 Å². The lowest BCUT2D eigenvalue weighted by atomic mass is 9.81. The van der Waals surface area contributed by atoms with E-state index in [9.17, 15) is 0 Å². The summed E-state index contributed by atoms with van der Waals surface area (Å²) in [6, 6.07) is 4.14. The van der Waals surface area contributed by atoms with E-state index >= 15 is 0 Å². The average molecular weight is 344 g/mol. The highest BCUT2D eigenvalue weighted by Gasteiger charge is 2.49. The van der Waals surface area contributed by atoms with Crippen molar-refractivity contribution in [3.8, 4) is 0 Å². The van der Waals surface area contributed by atoms with Gasteiger partial charge in [0.2, 0.25) is 0 Å². The van der Waals surface area contributed by atoms with Crippen molar-refractivity contribution in [1.29, 1.82) is 0 Å². The zero-order valence-corrected chi connectivity index (χ0v) is 15.2. The van der Waals surface area contributed by atoms with Gasteiger partial charge in [-0.15, -0.1) is 16.4 Å². The van der Waals surface area contributed by atoms with Gasteiger partial charge in [-0.05, 0) is 44.7 Å². The molecule has 0 spiro atoms. The second-order valence-corrected chi connectivity index (χ2v) is 8.28. The minimum atomic E-state index is 0.275. The Morgan fingerprint density at radius 1 is 1.33 bits per heavy atom. The van der Waals surface area contributed by atoms with Crippen molar-refractivity contribution in [1.82, 2.24) is 15.2 Å². The van der Waals surface area contributed by atoms with Crippen LogP contribution in [0.2, 0.25) is 0 Å². The summed E-state index contributed by atoms with van der Waals surface area (Å²) >= 11 is 1.69. The van der Waals surface area contributed by atoms with Crippen LogP contribution >= 0.6 is 11.3 Å². The van der Waals surface area contributed by atoms with Crippen LogP contribution in [0.15, 0.2) is 17.5 Å². The van der Waals surface area contributed by atoms with Crippen molar-refractivity contribution in [3.63, 3.8) is 0 Å². The molecule has 2 aliphatic rings. The van der Waals surface area contributed by atoms with Gasteiger partial charge in [-0.25, -0.2) is 4.98 Å². The second-order valence-electron chi connectivity index (χ2n) is 7.22. The van der Waals surface area contributed by atoms with E-state index in [4.69, 9.17) is 4.74 Å². The van der Waals surface area contributed by atoms with Gasteiger partial charge >= 0.3 is 0 Å². The second kappa shape index (κ2) is 6.41. The molecular weight excluding hydrogens is 320 g/mol. The van der Waals surface area contributed by atoms with E-state index in [1.54, 1.807) is 11.3 Å². The molecule has 2 aromatic rings. The molecule has 1 saturated carbocycles. The largest absolute Gasteiger partial charge is 0.374 e. The lowest BCUT2D eigenvalue weighted by molar-refractivity contribution is 0.0302. The Morgan fingerprint density at radius 2 is 2.25 bits per heavy atom. The van der Waals surface area contributed by atoms with E-state index in [1.807, 2.05) is 19.9 Å². The first kappa shape index (κ1) is 16.0. The zero-order valence-electron chi connectivity index (χ0n) is 14.4. The highest BCUT2D eigenvalue weighted by Crippen LogP contribution is 2.49. The Morgan fingerprint density at radius 3 is 3.00 bits per heavy atom. The van der Waals surface area contributed by atoms with E-state index < -0.39 is 0 Å². The van der Waals surface area contributed by atoms with Gasteiger partial charge in [0.25, 0.3) is 0 Å². The van der Waals surface area contributed by atoms with Crippen LogP contribution in [-0.2, 0) is 11.3 Å². The van der Waals surface area contributed by atoms with Crippen LogP contribution in [0.4, 0.5) is 5.82 Å². The van der Waals surface area contributed by atoms with Crippen LogP contribution in [-0.4, -0.2) is 34.9 Å². The summed E-state index contributed by atoms with van der Waals surface area (Å²) in [6.45, 7) is 7.58. The standard InChI is InChI=1S/C18H24N4OS/c1-13-5-6-17(21-20-13)22-8-15-4-3-7-18(15,11-22)12-23-9-16-10-24-14(2)19-16/h5-6,10,15H,3-4,7-9,11-12H2,1-2H3/t15-,18+/m1/s1. The van der Waals surface area contributed by atoms with Crippen LogP contribution in [0.5, 0.6) is 0 Å². The molecule has 2 fully saturated rings. The summed E-state index contributed by atoms with van der Waals surface area (Å²) in [6.07, 6.45) is 3.87. The molecule has 0 amide bonds. The average Bonchev–Trinajstić information content (AvgIpc) is 3.22. The highest BCUT2D eigenvalue weighted by molar-refractivity contribution is 7.09. The first-order valence-corrected chi connectivity index (χ1v) is 9.57. The number of ether oxygens (including phenoxy) is 1. The molecule has 6 heteroatoms. The summed E-state index contributed by atoms with van der Waals surface area (Å²) in [5, 5.41) is 11.8. The Labute approximate surface area is 147 Å². The third kappa shape index (κ3) is 3.05. The fourth-order valence-electron chi connectivity index (χ4n) is 4.22. The molecule has 2 atom stereocenters. The topological polar surface area (TPSA) is 51.1 Å². The quantitative estimate of drug-likeness (QED) is 0.832. The minimum absolute atomic E-state index is 0.275. The van der Waals surface area contributed by atoms with Gasteiger partial charge in [0.05, 0.1) is 29.6 Å². The third-order valence-corrected chi connectivity index (χ3v) is 6.28. The number of nitrogens with zero attached hydrogens (tertiary/aromatic N) is 4.